The second-order valence-corrected chi connectivity index (χ2v) is 7.04. The van der Waals surface area contributed by atoms with Gasteiger partial charge in [-0.05, 0) is 42.0 Å². The van der Waals surface area contributed by atoms with Gasteiger partial charge in [-0.25, -0.2) is 8.78 Å². The Morgan fingerprint density at radius 2 is 1.87 bits per heavy atom. The molecule has 0 aliphatic carbocycles. The molecule has 1 N–H and O–H groups in total. The number of rotatable bonds is 4. The molecule has 30 heavy (non-hydrogen) atoms. The molecule has 0 atom stereocenters. The highest BCUT2D eigenvalue weighted by Gasteiger charge is 2.26. The van der Waals surface area contributed by atoms with E-state index < -0.39 is 11.7 Å². The fraction of sp³-hybridized carbons (Fsp3) is 0.0909. The fourth-order valence-corrected chi connectivity index (χ4v) is 3.39. The van der Waals surface area contributed by atoms with E-state index in [1.807, 2.05) is 0 Å². The van der Waals surface area contributed by atoms with E-state index in [0.29, 0.717) is 17.1 Å². The molecule has 0 saturated heterocycles. The second kappa shape index (κ2) is 8.12. The van der Waals surface area contributed by atoms with Crippen LogP contribution in [0.5, 0.6) is 5.75 Å². The smallest absolute Gasteiger partial charge is 0.265 e. The van der Waals surface area contributed by atoms with Gasteiger partial charge in [-0.3, -0.25) is 9.59 Å². The molecule has 1 heterocycles. The van der Waals surface area contributed by atoms with Crippen molar-refractivity contribution < 1.29 is 23.1 Å². The van der Waals surface area contributed by atoms with Gasteiger partial charge in [0.25, 0.3) is 11.8 Å². The highest BCUT2D eigenvalue weighted by Crippen LogP contribution is 2.35. The Balaban J connectivity index is 1.58. The first kappa shape index (κ1) is 19.8. The van der Waals surface area contributed by atoms with Gasteiger partial charge in [-0.1, -0.05) is 29.8 Å². The number of hydrogen-bond donors (Lipinski definition) is 1. The fourth-order valence-electron chi connectivity index (χ4n) is 3.14. The molecule has 4 rings (SSSR count). The van der Waals surface area contributed by atoms with Crippen LogP contribution in [0.4, 0.5) is 20.2 Å². The number of ether oxygens (including phenoxy) is 1. The lowest BCUT2D eigenvalue weighted by atomic mass is 10.1. The van der Waals surface area contributed by atoms with Gasteiger partial charge < -0.3 is 15.0 Å². The van der Waals surface area contributed by atoms with Gasteiger partial charge in [0.05, 0.1) is 22.8 Å². The Labute approximate surface area is 175 Å². The van der Waals surface area contributed by atoms with Crippen LogP contribution in [-0.2, 0) is 11.3 Å². The Morgan fingerprint density at radius 1 is 1.10 bits per heavy atom. The molecule has 0 unspecified atom stereocenters. The quantitative estimate of drug-likeness (QED) is 0.649. The normalized spacial score (nSPS) is 12.9. The number of carbonyl (C=O) groups is 2. The molecular formula is C22H15ClF2N2O3. The van der Waals surface area contributed by atoms with Gasteiger partial charge in [0.1, 0.15) is 17.4 Å². The molecule has 8 heteroatoms. The van der Waals surface area contributed by atoms with Crippen LogP contribution < -0.4 is 15.0 Å². The van der Waals surface area contributed by atoms with Crippen molar-refractivity contribution in [2.45, 2.75) is 6.54 Å². The van der Waals surface area contributed by atoms with Crippen LogP contribution in [-0.4, -0.2) is 18.4 Å². The van der Waals surface area contributed by atoms with Crippen molar-refractivity contribution in [2.24, 2.45) is 0 Å². The predicted molar refractivity (Wildman–Crippen MR) is 109 cm³/mol. The molecule has 5 nitrogen and oxygen atoms in total. The standard InChI is InChI=1S/C22H15ClF2N2O3/c23-16-2-1-3-17(25)21(16)22(29)26-15-8-9-18-19(10-15)30-12-20(28)27(18)11-13-4-6-14(24)7-5-13/h1-10H,11-12H2,(H,26,29). The van der Waals surface area contributed by atoms with Gasteiger partial charge in [0.15, 0.2) is 6.61 Å². The lowest BCUT2D eigenvalue weighted by Gasteiger charge is -2.29. The average Bonchev–Trinajstić information content (AvgIpc) is 2.71. The molecule has 0 radical (unpaired) electrons. The summed E-state index contributed by atoms with van der Waals surface area (Å²) in [6.07, 6.45) is 0. The molecule has 0 saturated carbocycles. The minimum atomic E-state index is -0.731. The summed E-state index contributed by atoms with van der Waals surface area (Å²) in [6.45, 7) is 0.0662. The average molecular weight is 429 g/mol. The minimum Gasteiger partial charge on any atom is -0.481 e. The van der Waals surface area contributed by atoms with E-state index in [2.05, 4.69) is 5.32 Å². The van der Waals surface area contributed by atoms with Crippen LogP contribution in [0.2, 0.25) is 5.02 Å². The number of benzene rings is 3. The van der Waals surface area contributed by atoms with Crippen molar-refractivity contribution in [1.82, 2.24) is 0 Å². The molecule has 152 valence electrons. The summed E-state index contributed by atoms with van der Waals surface area (Å²) < 4.78 is 32.6. The van der Waals surface area contributed by atoms with Crippen LogP contribution >= 0.6 is 11.6 Å². The maximum absolute atomic E-state index is 14.0. The zero-order valence-corrected chi connectivity index (χ0v) is 16.2. The van der Waals surface area contributed by atoms with E-state index in [4.69, 9.17) is 16.3 Å². The molecule has 1 aliphatic heterocycles. The van der Waals surface area contributed by atoms with E-state index in [1.54, 1.807) is 30.3 Å². The first-order valence-electron chi connectivity index (χ1n) is 8.99. The van der Waals surface area contributed by atoms with Gasteiger partial charge in [-0.2, -0.15) is 0 Å². The maximum Gasteiger partial charge on any atom is 0.265 e. The van der Waals surface area contributed by atoms with E-state index in [1.165, 1.54) is 29.2 Å². The molecule has 1 aliphatic rings. The Hall–Kier alpha value is -3.45. The van der Waals surface area contributed by atoms with Gasteiger partial charge >= 0.3 is 0 Å². The highest BCUT2D eigenvalue weighted by atomic mass is 35.5. The zero-order valence-electron chi connectivity index (χ0n) is 15.5. The van der Waals surface area contributed by atoms with Gasteiger partial charge in [-0.15, -0.1) is 0 Å². The molecule has 3 aromatic carbocycles. The number of anilines is 2. The topological polar surface area (TPSA) is 58.6 Å². The van der Waals surface area contributed by atoms with Crippen molar-refractivity contribution in [1.29, 1.82) is 0 Å². The van der Waals surface area contributed by atoms with Crippen molar-refractivity contribution in [2.75, 3.05) is 16.8 Å². The Bertz CT molecular complexity index is 1120. The van der Waals surface area contributed by atoms with E-state index in [9.17, 15) is 18.4 Å². The second-order valence-electron chi connectivity index (χ2n) is 6.63. The number of amides is 2. The van der Waals surface area contributed by atoms with Crippen molar-refractivity contribution in [3.05, 3.63) is 88.4 Å². The van der Waals surface area contributed by atoms with Crippen LogP contribution in [0.1, 0.15) is 15.9 Å². The summed E-state index contributed by atoms with van der Waals surface area (Å²) in [6, 6.07) is 14.6. The Kier molecular flexibility index (Phi) is 5.37. The number of hydrogen-bond acceptors (Lipinski definition) is 3. The van der Waals surface area contributed by atoms with E-state index >= 15 is 0 Å². The van der Waals surface area contributed by atoms with Crippen molar-refractivity contribution >= 4 is 34.8 Å². The summed E-state index contributed by atoms with van der Waals surface area (Å²) in [7, 11) is 0. The molecule has 3 aromatic rings. The highest BCUT2D eigenvalue weighted by molar-refractivity contribution is 6.34. The summed E-state index contributed by atoms with van der Waals surface area (Å²) in [5, 5.41) is 2.58. The Morgan fingerprint density at radius 3 is 2.60 bits per heavy atom. The summed E-state index contributed by atoms with van der Waals surface area (Å²) in [4.78, 5) is 26.3. The molecule has 0 bridgehead atoms. The number of carbonyl (C=O) groups excluding carboxylic acids is 2. The van der Waals surface area contributed by atoms with Crippen LogP contribution in [0.25, 0.3) is 0 Å². The minimum absolute atomic E-state index is 0.00206. The maximum atomic E-state index is 14.0. The molecule has 0 fully saturated rings. The van der Waals surface area contributed by atoms with E-state index in [0.717, 1.165) is 11.6 Å². The summed E-state index contributed by atoms with van der Waals surface area (Å²) >= 11 is 5.93. The molecule has 2 amide bonds. The van der Waals surface area contributed by atoms with Gasteiger partial charge in [0, 0.05) is 11.8 Å². The molecular weight excluding hydrogens is 414 g/mol. The summed E-state index contributed by atoms with van der Waals surface area (Å²) in [5.74, 6) is -1.66. The van der Waals surface area contributed by atoms with Crippen LogP contribution in [0.15, 0.2) is 60.7 Å². The third-order valence-electron chi connectivity index (χ3n) is 4.60. The third-order valence-corrected chi connectivity index (χ3v) is 4.92. The zero-order chi connectivity index (χ0) is 21.3. The lowest BCUT2D eigenvalue weighted by molar-refractivity contribution is -0.121. The molecule has 0 spiro atoms. The van der Waals surface area contributed by atoms with Crippen LogP contribution in [0, 0.1) is 11.6 Å². The van der Waals surface area contributed by atoms with Crippen molar-refractivity contribution in [3.63, 3.8) is 0 Å². The van der Waals surface area contributed by atoms with E-state index in [-0.39, 0.29) is 35.5 Å². The van der Waals surface area contributed by atoms with Crippen molar-refractivity contribution in [3.8, 4) is 5.75 Å². The first-order chi connectivity index (χ1) is 14.4. The largest absolute Gasteiger partial charge is 0.481 e. The lowest BCUT2D eigenvalue weighted by Crippen LogP contribution is -2.38. The third kappa shape index (κ3) is 3.97. The first-order valence-corrected chi connectivity index (χ1v) is 9.37. The number of fused-ring (bicyclic) bond motifs is 1. The number of nitrogens with zero attached hydrogens (tertiary/aromatic N) is 1. The number of nitrogens with one attached hydrogen (secondary N) is 1. The number of halogens is 3. The van der Waals surface area contributed by atoms with Crippen LogP contribution in [0.3, 0.4) is 0 Å². The monoisotopic (exact) mass is 428 g/mol. The predicted octanol–water partition coefficient (Wildman–Crippen LogP) is 4.80. The summed E-state index contributed by atoms with van der Waals surface area (Å²) in [5.41, 5.74) is 1.36. The van der Waals surface area contributed by atoms with Gasteiger partial charge in [0.2, 0.25) is 0 Å². The molecule has 0 aromatic heterocycles. The SMILES string of the molecule is O=C(Nc1ccc2c(c1)OCC(=O)N2Cc1ccc(F)cc1)c1c(F)cccc1Cl.